The SMILES string of the molecule is O=S(=O)(Nc1ccc(Br)cn1)c1ccc(Cl)c(CO)c1. The number of pyridine rings is 1. The summed E-state index contributed by atoms with van der Waals surface area (Å²) in [6.45, 7) is -0.335. The van der Waals surface area contributed by atoms with Crippen LogP contribution in [0.1, 0.15) is 5.56 Å². The molecule has 0 aliphatic heterocycles. The molecule has 106 valence electrons. The third-order valence-electron chi connectivity index (χ3n) is 2.46. The lowest BCUT2D eigenvalue weighted by Gasteiger charge is -2.09. The van der Waals surface area contributed by atoms with E-state index in [-0.39, 0.29) is 17.3 Å². The third kappa shape index (κ3) is 3.49. The molecule has 0 unspecified atom stereocenters. The molecule has 2 N–H and O–H groups in total. The van der Waals surface area contributed by atoms with Gasteiger partial charge in [-0.2, -0.15) is 0 Å². The Labute approximate surface area is 129 Å². The average Bonchev–Trinajstić information content (AvgIpc) is 2.41. The van der Waals surface area contributed by atoms with Crippen molar-refractivity contribution in [2.45, 2.75) is 11.5 Å². The minimum absolute atomic E-state index is 0.00988. The first kappa shape index (κ1) is 15.2. The molecule has 0 spiro atoms. The maximum atomic E-state index is 12.2. The topological polar surface area (TPSA) is 79.3 Å². The first-order chi connectivity index (χ1) is 9.42. The fraction of sp³-hybridized carbons (Fsp3) is 0.0833. The smallest absolute Gasteiger partial charge is 0.263 e. The highest BCUT2D eigenvalue weighted by molar-refractivity contribution is 9.10. The number of nitrogens with one attached hydrogen (secondary N) is 1. The van der Waals surface area contributed by atoms with Gasteiger partial charge in [-0.25, -0.2) is 13.4 Å². The predicted octanol–water partition coefficient (Wildman–Crippen LogP) is 2.79. The predicted molar refractivity (Wildman–Crippen MR) is 80.1 cm³/mol. The van der Waals surface area contributed by atoms with E-state index in [2.05, 4.69) is 25.6 Å². The number of rotatable bonds is 4. The van der Waals surface area contributed by atoms with E-state index in [9.17, 15) is 8.42 Å². The Hall–Kier alpha value is -1.15. The van der Waals surface area contributed by atoms with Crippen LogP contribution in [0.2, 0.25) is 5.02 Å². The van der Waals surface area contributed by atoms with Crippen molar-refractivity contribution in [2.75, 3.05) is 4.72 Å². The van der Waals surface area contributed by atoms with Crippen molar-refractivity contribution >= 4 is 43.4 Å². The number of hydrogen-bond donors (Lipinski definition) is 2. The molecule has 1 heterocycles. The van der Waals surface area contributed by atoms with Crippen LogP contribution in [0, 0.1) is 0 Å². The molecule has 0 fully saturated rings. The van der Waals surface area contributed by atoms with Crippen LogP contribution in [0.4, 0.5) is 5.82 Å². The lowest BCUT2D eigenvalue weighted by atomic mass is 10.2. The molecule has 5 nitrogen and oxygen atoms in total. The Balaban J connectivity index is 2.33. The van der Waals surface area contributed by atoms with Crippen LogP contribution in [0.25, 0.3) is 0 Å². The van der Waals surface area contributed by atoms with Crippen molar-refractivity contribution in [3.63, 3.8) is 0 Å². The number of hydrogen-bond acceptors (Lipinski definition) is 4. The molecule has 1 aromatic heterocycles. The van der Waals surface area contributed by atoms with Gasteiger partial charge in [0.2, 0.25) is 0 Å². The Morgan fingerprint density at radius 3 is 2.65 bits per heavy atom. The first-order valence-corrected chi connectivity index (χ1v) is 8.11. The van der Waals surface area contributed by atoms with Gasteiger partial charge in [0.1, 0.15) is 5.82 Å². The number of sulfonamides is 1. The van der Waals surface area contributed by atoms with Gasteiger partial charge in [-0.1, -0.05) is 11.6 Å². The van der Waals surface area contributed by atoms with Crippen LogP contribution in [-0.2, 0) is 16.6 Å². The highest BCUT2D eigenvalue weighted by atomic mass is 79.9. The maximum Gasteiger partial charge on any atom is 0.263 e. The zero-order valence-corrected chi connectivity index (χ0v) is 13.2. The van der Waals surface area contributed by atoms with E-state index in [0.29, 0.717) is 10.6 Å². The zero-order valence-electron chi connectivity index (χ0n) is 10.0. The summed E-state index contributed by atoms with van der Waals surface area (Å²) in [4.78, 5) is 3.95. The van der Waals surface area contributed by atoms with Crippen LogP contribution < -0.4 is 4.72 Å². The van der Waals surface area contributed by atoms with Crippen LogP contribution >= 0.6 is 27.5 Å². The number of benzene rings is 1. The van der Waals surface area contributed by atoms with E-state index in [0.717, 1.165) is 4.47 Å². The number of aliphatic hydroxyl groups excluding tert-OH is 1. The monoisotopic (exact) mass is 376 g/mol. The molecule has 2 aromatic rings. The van der Waals surface area contributed by atoms with Gasteiger partial charge >= 0.3 is 0 Å². The van der Waals surface area contributed by atoms with E-state index < -0.39 is 10.0 Å². The van der Waals surface area contributed by atoms with Crippen LogP contribution in [0.5, 0.6) is 0 Å². The Bertz CT molecular complexity index is 720. The van der Waals surface area contributed by atoms with E-state index >= 15 is 0 Å². The van der Waals surface area contributed by atoms with Crippen molar-refractivity contribution in [2.24, 2.45) is 0 Å². The third-order valence-corrected chi connectivity index (χ3v) is 4.65. The van der Waals surface area contributed by atoms with Crippen molar-refractivity contribution in [1.29, 1.82) is 0 Å². The summed E-state index contributed by atoms with van der Waals surface area (Å²) < 4.78 is 27.4. The normalized spacial score (nSPS) is 11.3. The molecule has 0 amide bonds. The highest BCUT2D eigenvalue weighted by Crippen LogP contribution is 2.22. The Morgan fingerprint density at radius 2 is 2.05 bits per heavy atom. The maximum absolute atomic E-state index is 12.2. The lowest BCUT2D eigenvalue weighted by Crippen LogP contribution is -2.14. The fourth-order valence-electron chi connectivity index (χ4n) is 1.47. The summed E-state index contributed by atoms with van der Waals surface area (Å²) in [7, 11) is -3.77. The molecule has 0 saturated carbocycles. The molecule has 0 aliphatic carbocycles. The average molecular weight is 378 g/mol. The van der Waals surface area contributed by atoms with Gasteiger partial charge in [0.15, 0.2) is 0 Å². The molecule has 0 bridgehead atoms. The summed E-state index contributed by atoms with van der Waals surface area (Å²) in [6.07, 6.45) is 1.48. The van der Waals surface area contributed by atoms with E-state index in [1.165, 1.54) is 30.5 Å². The Kier molecular flexibility index (Phi) is 4.64. The summed E-state index contributed by atoms with van der Waals surface area (Å²) in [5.74, 6) is 0.202. The first-order valence-electron chi connectivity index (χ1n) is 5.46. The Morgan fingerprint density at radius 1 is 1.30 bits per heavy atom. The highest BCUT2D eigenvalue weighted by Gasteiger charge is 2.16. The van der Waals surface area contributed by atoms with Gasteiger partial charge in [-0.3, -0.25) is 4.72 Å². The van der Waals surface area contributed by atoms with Gasteiger partial charge in [0.25, 0.3) is 10.0 Å². The molecule has 2 rings (SSSR count). The largest absolute Gasteiger partial charge is 0.392 e. The molecular weight excluding hydrogens is 368 g/mol. The second-order valence-corrected chi connectivity index (χ2v) is 6.88. The molecule has 0 saturated heterocycles. The number of aliphatic hydroxyl groups is 1. The van der Waals surface area contributed by atoms with Crippen LogP contribution in [-0.4, -0.2) is 18.5 Å². The van der Waals surface area contributed by atoms with Crippen molar-refractivity contribution in [1.82, 2.24) is 4.98 Å². The van der Waals surface area contributed by atoms with Gasteiger partial charge in [0, 0.05) is 15.7 Å². The standard InChI is InChI=1S/C12H10BrClN2O3S/c13-9-1-4-12(15-6-9)16-20(18,19)10-2-3-11(14)8(5-10)7-17/h1-6,17H,7H2,(H,15,16). The minimum Gasteiger partial charge on any atom is -0.392 e. The minimum atomic E-state index is -3.77. The molecular formula is C12H10BrClN2O3S. The number of aromatic nitrogens is 1. The van der Waals surface area contributed by atoms with Gasteiger partial charge in [-0.15, -0.1) is 0 Å². The second kappa shape index (κ2) is 6.09. The van der Waals surface area contributed by atoms with Crippen molar-refractivity contribution in [3.8, 4) is 0 Å². The number of anilines is 1. The zero-order chi connectivity index (χ0) is 14.8. The van der Waals surface area contributed by atoms with E-state index in [1.54, 1.807) is 6.07 Å². The molecule has 0 aliphatic rings. The summed E-state index contributed by atoms with van der Waals surface area (Å²) in [6, 6.07) is 7.32. The number of nitrogens with zero attached hydrogens (tertiary/aromatic N) is 1. The fourth-order valence-corrected chi connectivity index (χ4v) is 2.94. The van der Waals surface area contributed by atoms with Gasteiger partial charge in [-0.05, 0) is 51.8 Å². The van der Waals surface area contributed by atoms with E-state index in [4.69, 9.17) is 16.7 Å². The summed E-state index contributed by atoms with van der Waals surface area (Å²) in [5, 5.41) is 9.42. The van der Waals surface area contributed by atoms with Crippen LogP contribution in [0.3, 0.4) is 0 Å². The molecule has 20 heavy (non-hydrogen) atoms. The van der Waals surface area contributed by atoms with Crippen LogP contribution in [0.15, 0.2) is 45.9 Å². The van der Waals surface area contributed by atoms with Gasteiger partial charge in [0.05, 0.1) is 11.5 Å². The summed E-state index contributed by atoms with van der Waals surface area (Å²) >= 11 is 9.05. The quantitative estimate of drug-likeness (QED) is 0.858. The summed E-state index contributed by atoms with van der Waals surface area (Å²) in [5.41, 5.74) is 0.346. The molecule has 8 heteroatoms. The lowest BCUT2D eigenvalue weighted by molar-refractivity contribution is 0.281. The van der Waals surface area contributed by atoms with Gasteiger partial charge < -0.3 is 5.11 Å². The van der Waals surface area contributed by atoms with Crippen molar-refractivity contribution in [3.05, 3.63) is 51.6 Å². The second-order valence-electron chi connectivity index (χ2n) is 3.88. The molecule has 0 radical (unpaired) electrons. The van der Waals surface area contributed by atoms with E-state index in [1.807, 2.05) is 0 Å². The van der Waals surface area contributed by atoms with Crippen molar-refractivity contribution < 1.29 is 13.5 Å². The number of halogens is 2. The molecule has 1 aromatic carbocycles. The molecule has 0 atom stereocenters.